The molecule has 0 bridgehead atoms. The van der Waals surface area contributed by atoms with Gasteiger partial charge in [0.1, 0.15) is 18.1 Å². The van der Waals surface area contributed by atoms with Gasteiger partial charge in [0.25, 0.3) is 5.91 Å². The first kappa shape index (κ1) is 28.3. The molecule has 2 aliphatic heterocycles. The van der Waals surface area contributed by atoms with Crippen molar-refractivity contribution in [3.05, 3.63) is 18.0 Å². The van der Waals surface area contributed by atoms with Gasteiger partial charge in [-0.25, -0.2) is 14.8 Å². The zero-order chi connectivity index (χ0) is 27.8. The Morgan fingerprint density at radius 3 is 2.50 bits per heavy atom. The Balaban J connectivity index is 1.60. The number of hydrogen-bond acceptors (Lipinski definition) is 6. The second-order valence-electron chi connectivity index (χ2n) is 13.1. The van der Waals surface area contributed by atoms with Gasteiger partial charge in [0.15, 0.2) is 5.65 Å². The van der Waals surface area contributed by atoms with Gasteiger partial charge in [-0.1, -0.05) is 40.4 Å². The van der Waals surface area contributed by atoms with Gasteiger partial charge >= 0.3 is 6.09 Å². The largest absolute Gasteiger partial charge is 0.465 e. The first-order chi connectivity index (χ1) is 17.8. The Kier molecular flexibility index (Phi) is 8.09. The van der Waals surface area contributed by atoms with E-state index in [4.69, 9.17) is 14.7 Å². The van der Waals surface area contributed by atoms with Crippen LogP contribution in [0.1, 0.15) is 50.4 Å². The average molecular weight is 545 g/mol. The molecule has 38 heavy (non-hydrogen) atoms. The summed E-state index contributed by atoms with van der Waals surface area (Å²) in [5, 5.41) is 9.75. The van der Waals surface area contributed by atoms with Gasteiger partial charge in [-0.05, 0) is 30.7 Å². The van der Waals surface area contributed by atoms with Crippen molar-refractivity contribution in [2.45, 2.75) is 84.5 Å². The van der Waals surface area contributed by atoms with Gasteiger partial charge in [-0.15, -0.1) is 0 Å². The molecule has 2 saturated heterocycles. The van der Waals surface area contributed by atoms with Crippen molar-refractivity contribution < 1.29 is 19.4 Å². The minimum Gasteiger partial charge on any atom is -0.465 e. The Labute approximate surface area is 227 Å². The molecule has 0 spiro atoms. The van der Waals surface area contributed by atoms with Gasteiger partial charge in [0, 0.05) is 59.6 Å². The first-order valence-corrected chi connectivity index (χ1v) is 17.4. The summed E-state index contributed by atoms with van der Waals surface area (Å²) in [6, 6.07) is 1.08. The maximum Gasteiger partial charge on any atom is 0.407 e. The maximum absolute atomic E-state index is 13.3. The molecular weight excluding hydrogens is 500 g/mol. The van der Waals surface area contributed by atoms with E-state index in [2.05, 4.69) is 45.3 Å². The summed E-state index contributed by atoms with van der Waals surface area (Å²) in [7, 11) is 0.788. The van der Waals surface area contributed by atoms with Crippen LogP contribution >= 0.6 is 0 Å². The van der Waals surface area contributed by atoms with E-state index in [0.29, 0.717) is 55.3 Å². The third kappa shape index (κ3) is 6.14. The molecule has 2 unspecified atom stereocenters. The van der Waals surface area contributed by atoms with Crippen LogP contribution in [0.25, 0.3) is 11.2 Å². The fourth-order valence-electron chi connectivity index (χ4n) is 5.23. The van der Waals surface area contributed by atoms with E-state index >= 15 is 0 Å². The average Bonchev–Trinajstić information content (AvgIpc) is 3.16. The number of fused-ring (bicyclic) bond motifs is 1. The van der Waals surface area contributed by atoms with Gasteiger partial charge in [0.2, 0.25) is 0 Å². The number of carbonyl (C=O) groups excluding carboxylic acids is 1. The lowest BCUT2D eigenvalue weighted by atomic mass is 9.79. The van der Waals surface area contributed by atoms with E-state index in [1.165, 1.54) is 0 Å². The van der Waals surface area contributed by atoms with Gasteiger partial charge in [-0.2, -0.15) is 0 Å². The molecule has 4 heterocycles. The summed E-state index contributed by atoms with van der Waals surface area (Å²) >= 11 is 0. The number of nitrogens with zero attached hydrogens (tertiary/aromatic N) is 6. The van der Waals surface area contributed by atoms with Crippen molar-refractivity contribution in [1.82, 2.24) is 24.3 Å². The fraction of sp³-hybridized carbons (Fsp3) is 0.704. The summed E-state index contributed by atoms with van der Waals surface area (Å²) in [6.07, 6.45) is 5.17. The normalized spacial score (nSPS) is 20.5. The third-order valence-electron chi connectivity index (χ3n) is 7.88. The highest BCUT2D eigenvalue weighted by Gasteiger charge is 2.40. The molecule has 1 N–H and O–H groups in total. The Morgan fingerprint density at radius 1 is 1.21 bits per heavy atom. The summed E-state index contributed by atoms with van der Waals surface area (Å²) in [5.41, 5.74) is 1.61. The predicted octanol–water partition coefficient (Wildman–Crippen LogP) is 4.58. The Morgan fingerprint density at radius 2 is 1.92 bits per heavy atom. The minimum absolute atomic E-state index is 0.0150. The highest BCUT2D eigenvalue weighted by atomic mass is 28.3. The zero-order valence-corrected chi connectivity index (χ0v) is 25.0. The number of carboxylic acid groups (broad SMARTS) is 1. The van der Waals surface area contributed by atoms with Crippen molar-refractivity contribution in [2.24, 2.45) is 5.41 Å². The van der Waals surface area contributed by atoms with Crippen molar-refractivity contribution in [2.75, 3.05) is 38.2 Å². The van der Waals surface area contributed by atoms with Crippen LogP contribution in [0.15, 0.2) is 12.4 Å². The summed E-state index contributed by atoms with van der Waals surface area (Å²) in [5.74, 6) is 0.674. The Hall–Kier alpha value is -2.66. The number of likely N-dealkylation sites (tertiary alicyclic amines) is 2. The van der Waals surface area contributed by atoms with Crippen LogP contribution in [-0.2, 0) is 11.5 Å². The molecular formula is C27H44N6O4Si. The number of rotatable bonds is 8. The van der Waals surface area contributed by atoms with Crippen LogP contribution in [0.5, 0.6) is 0 Å². The van der Waals surface area contributed by atoms with E-state index in [1.54, 1.807) is 11.1 Å². The Bertz CT molecular complexity index is 1170. The summed E-state index contributed by atoms with van der Waals surface area (Å²) < 4.78 is 7.88. The monoisotopic (exact) mass is 544 g/mol. The smallest absolute Gasteiger partial charge is 0.407 e. The third-order valence-corrected chi connectivity index (χ3v) is 9.59. The first-order valence-electron chi connectivity index (χ1n) is 13.7. The number of anilines is 1. The lowest BCUT2D eigenvalue weighted by molar-refractivity contribution is 0.0527. The minimum atomic E-state index is -1.20. The van der Waals surface area contributed by atoms with Gasteiger partial charge < -0.3 is 29.1 Å². The second-order valence-corrected chi connectivity index (χ2v) is 18.7. The summed E-state index contributed by atoms with van der Waals surface area (Å²) in [4.78, 5) is 40.4. The predicted molar refractivity (Wildman–Crippen MR) is 152 cm³/mol. The maximum atomic E-state index is 13.3. The van der Waals surface area contributed by atoms with Crippen molar-refractivity contribution in [3.63, 3.8) is 0 Å². The molecule has 0 aromatic carbocycles. The molecule has 0 aliphatic carbocycles. The molecule has 2 aromatic rings. The number of amides is 2. The standard InChI is InChI=1S/C27H44N6O4Si/c1-27(2,3)21-15-19(9-12-33(21)26(35)36)30(4)22-16-28-24-23(29-22)20(25(34)31-10-8-11-31)17-32(24)18-37-13-14-38(5,6)7/h16-17,19,21H,8-15,18H2,1-7H3,(H,35,36). The SMILES string of the molecule is CN(c1cnc2c(n1)c(C(=O)N1CCC1)cn2COCC[Si](C)(C)C)C1CCN(C(=O)O)C(C(C)(C)C)C1. The van der Waals surface area contributed by atoms with Crippen LogP contribution < -0.4 is 4.90 Å². The molecule has 2 fully saturated rings. The highest BCUT2D eigenvalue weighted by molar-refractivity contribution is 6.76. The highest BCUT2D eigenvalue weighted by Crippen LogP contribution is 2.35. The van der Waals surface area contributed by atoms with E-state index in [-0.39, 0.29) is 23.4 Å². The number of aromatic nitrogens is 3. The molecule has 0 saturated carbocycles. The van der Waals surface area contributed by atoms with Crippen LogP contribution in [0.4, 0.5) is 10.6 Å². The zero-order valence-electron chi connectivity index (χ0n) is 24.0. The molecule has 4 rings (SSSR count). The number of carbonyl (C=O) groups is 2. The lowest BCUT2D eigenvalue weighted by Gasteiger charge is -2.46. The lowest BCUT2D eigenvalue weighted by Crippen LogP contribution is -2.55. The molecule has 0 radical (unpaired) electrons. The molecule has 210 valence electrons. The molecule has 2 aromatic heterocycles. The number of piperidine rings is 1. The van der Waals surface area contributed by atoms with E-state index in [1.807, 2.05) is 22.7 Å². The van der Waals surface area contributed by atoms with Gasteiger partial charge in [-0.3, -0.25) is 4.79 Å². The van der Waals surface area contributed by atoms with Gasteiger partial charge in [0.05, 0.1) is 11.8 Å². The van der Waals surface area contributed by atoms with Crippen LogP contribution in [0, 0.1) is 5.41 Å². The van der Waals surface area contributed by atoms with Crippen molar-refractivity contribution in [1.29, 1.82) is 0 Å². The molecule has 10 nitrogen and oxygen atoms in total. The summed E-state index contributed by atoms with van der Waals surface area (Å²) in [6.45, 7) is 16.3. The van der Waals surface area contributed by atoms with E-state index in [0.717, 1.165) is 25.6 Å². The second kappa shape index (κ2) is 10.8. The fourth-order valence-corrected chi connectivity index (χ4v) is 5.99. The van der Waals surface area contributed by atoms with Crippen LogP contribution in [-0.4, -0.2) is 94.9 Å². The number of ether oxygens (including phenoxy) is 1. The molecule has 2 amide bonds. The molecule has 2 atom stereocenters. The van der Waals surface area contributed by atoms with E-state index in [9.17, 15) is 14.7 Å². The molecule has 11 heteroatoms. The quantitative estimate of drug-likeness (QED) is 0.383. The van der Waals surface area contributed by atoms with Crippen molar-refractivity contribution >= 4 is 37.1 Å². The molecule has 2 aliphatic rings. The topological polar surface area (TPSA) is 104 Å². The van der Waals surface area contributed by atoms with Crippen molar-refractivity contribution in [3.8, 4) is 0 Å². The van der Waals surface area contributed by atoms with E-state index < -0.39 is 14.2 Å². The van der Waals surface area contributed by atoms with Crippen LogP contribution in [0.2, 0.25) is 25.7 Å². The number of hydrogen-bond donors (Lipinski definition) is 1. The van der Waals surface area contributed by atoms with Crippen LogP contribution in [0.3, 0.4) is 0 Å².